The Bertz CT molecular complexity index is 1660. The Balaban J connectivity index is 1.05. The molecule has 266 valence electrons. The number of hydrogen-bond donors (Lipinski definition) is 2. The molecule has 0 radical (unpaired) electrons. The minimum atomic E-state index is -4.36. The lowest BCUT2D eigenvalue weighted by Crippen LogP contribution is -2.63. The molecule has 4 atom stereocenters. The smallest absolute Gasteiger partial charge is 0.293 e. The molecule has 5 fully saturated rings. The van der Waals surface area contributed by atoms with E-state index < -0.39 is 20.9 Å². The first kappa shape index (κ1) is 35.2. The second-order valence-corrected chi connectivity index (χ2v) is 17.2. The Kier molecular flexibility index (Phi) is 9.99. The average molecular weight is 694 g/mol. The van der Waals surface area contributed by atoms with Gasteiger partial charge in [0.25, 0.3) is 21.6 Å². The number of nitro benzene ring substituents is 1. The van der Waals surface area contributed by atoms with Crippen LogP contribution in [0.4, 0.5) is 17.1 Å². The SMILES string of the molecule is CC(=O)N(C1CCN(c2ccc(C(=O)NS(=O)(=O)c3ccc(NCC4CCCCC4)c([N+](=O)[O-])c3)cc2)CC1)[C@H]1C[C@H]2CC([C@@H]1C)C2(C)C. The van der Waals surface area contributed by atoms with E-state index in [0.717, 1.165) is 69.8 Å². The van der Waals surface area contributed by atoms with Crippen LogP contribution < -0.4 is 14.9 Å². The molecular formula is C37H51N5O6S. The Morgan fingerprint density at radius 1 is 1.00 bits per heavy atom. The third kappa shape index (κ3) is 7.16. The molecule has 12 heteroatoms. The summed E-state index contributed by atoms with van der Waals surface area (Å²) in [6.07, 6.45) is 9.73. The van der Waals surface area contributed by atoms with Crippen LogP contribution in [0, 0.1) is 39.2 Å². The summed E-state index contributed by atoms with van der Waals surface area (Å²) in [7, 11) is -4.36. The van der Waals surface area contributed by atoms with Crippen LogP contribution in [0.3, 0.4) is 0 Å². The first-order valence-corrected chi connectivity index (χ1v) is 19.5. The molecular weight excluding hydrogens is 643 g/mol. The zero-order valence-corrected chi connectivity index (χ0v) is 30.0. The first-order valence-electron chi connectivity index (χ1n) is 18.0. The third-order valence-corrected chi connectivity index (χ3v) is 13.7. The standard InChI is InChI=1S/C37H51N5O6S/c1-24-32-20-28(37(32,3)4)21-34(24)41(25(2)43)30-16-18-40(19-17-30)29-12-10-27(11-13-29)36(44)39-49(47,48)31-14-15-33(35(22-31)42(45)46)38-23-26-8-6-5-7-9-26/h10-15,22,24,26,28,30,32,34,38H,5-9,16-21,23H2,1-4H3,(H,39,44)/t24-,28+,32?,34-/m0/s1. The highest BCUT2D eigenvalue weighted by Crippen LogP contribution is 2.62. The van der Waals surface area contributed by atoms with Gasteiger partial charge in [0.1, 0.15) is 5.69 Å². The van der Waals surface area contributed by atoms with Crippen LogP contribution in [0.25, 0.3) is 0 Å². The van der Waals surface area contributed by atoms with Gasteiger partial charge in [-0.15, -0.1) is 0 Å². The van der Waals surface area contributed by atoms with Gasteiger partial charge in [0, 0.05) is 56.0 Å². The van der Waals surface area contributed by atoms with Crippen molar-refractivity contribution in [1.82, 2.24) is 9.62 Å². The van der Waals surface area contributed by atoms with E-state index in [-0.39, 0.29) is 33.8 Å². The topological polar surface area (TPSA) is 142 Å². The van der Waals surface area contributed by atoms with E-state index in [1.165, 1.54) is 25.0 Å². The maximum absolute atomic E-state index is 13.1. The fourth-order valence-corrected chi connectivity index (χ4v) is 10.3. The molecule has 7 rings (SSSR count). The molecule has 1 unspecified atom stereocenters. The third-order valence-electron chi connectivity index (χ3n) is 12.4. The maximum Gasteiger partial charge on any atom is 0.293 e. The number of piperidine rings is 1. The van der Waals surface area contributed by atoms with Crippen molar-refractivity contribution in [1.29, 1.82) is 0 Å². The lowest BCUT2D eigenvalue weighted by atomic mass is 9.44. The van der Waals surface area contributed by atoms with Crippen LogP contribution in [0.2, 0.25) is 0 Å². The first-order chi connectivity index (χ1) is 23.3. The number of carbonyl (C=O) groups excluding carboxylic acids is 2. The highest BCUT2D eigenvalue weighted by molar-refractivity contribution is 7.90. The number of hydrogen-bond acceptors (Lipinski definition) is 8. The summed E-state index contributed by atoms with van der Waals surface area (Å²) in [6, 6.07) is 11.0. The molecule has 11 nitrogen and oxygen atoms in total. The number of amides is 2. The zero-order valence-electron chi connectivity index (χ0n) is 29.2. The van der Waals surface area contributed by atoms with E-state index in [2.05, 4.69) is 40.6 Å². The van der Waals surface area contributed by atoms with Crippen molar-refractivity contribution >= 4 is 38.9 Å². The van der Waals surface area contributed by atoms with Crippen molar-refractivity contribution in [2.45, 2.75) is 102 Å². The Labute approximate surface area is 290 Å². The van der Waals surface area contributed by atoms with E-state index >= 15 is 0 Å². The minimum Gasteiger partial charge on any atom is -0.379 e. The molecule has 0 aromatic heterocycles. The van der Waals surface area contributed by atoms with Crippen molar-refractivity contribution in [3.05, 3.63) is 58.1 Å². The summed E-state index contributed by atoms with van der Waals surface area (Å²) in [5.74, 6) is 1.63. The normalized spacial score (nSPS) is 25.6. The van der Waals surface area contributed by atoms with Gasteiger partial charge in [-0.25, -0.2) is 13.1 Å². The minimum absolute atomic E-state index is 0.164. The average Bonchev–Trinajstić information content (AvgIpc) is 3.08. The van der Waals surface area contributed by atoms with Crippen LogP contribution in [-0.2, 0) is 14.8 Å². The van der Waals surface area contributed by atoms with E-state index in [0.29, 0.717) is 41.7 Å². The van der Waals surface area contributed by atoms with E-state index in [4.69, 9.17) is 0 Å². The van der Waals surface area contributed by atoms with Gasteiger partial charge in [0.2, 0.25) is 5.91 Å². The summed E-state index contributed by atoms with van der Waals surface area (Å²) in [5, 5.41) is 15.0. The van der Waals surface area contributed by atoms with Gasteiger partial charge in [-0.1, -0.05) is 40.0 Å². The van der Waals surface area contributed by atoms with Crippen LogP contribution in [0.1, 0.15) is 95.8 Å². The summed E-state index contributed by atoms with van der Waals surface area (Å²) < 4.78 is 28.3. The second kappa shape index (κ2) is 13.9. The fourth-order valence-electron chi connectivity index (χ4n) is 9.34. The molecule has 5 aliphatic rings. The van der Waals surface area contributed by atoms with Crippen LogP contribution in [0.15, 0.2) is 47.4 Å². The summed E-state index contributed by atoms with van der Waals surface area (Å²) in [6.45, 7) is 10.9. The highest BCUT2D eigenvalue weighted by Gasteiger charge is 2.58. The molecule has 49 heavy (non-hydrogen) atoms. The van der Waals surface area contributed by atoms with E-state index in [9.17, 15) is 28.1 Å². The quantitative estimate of drug-likeness (QED) is 0.210. The summed E-state index contributed by atoms with van der Waals surface area (Å²) in [4.78, 5) is 41.3. The molecule has 2 bridgehead atoms. The second-order valence-electron chi connectivity index (χ2n) is 15.5. The molecule has 1 aliphatic heterocycles. The number of sulfonamides is 1. The lowest BCUT2D eigenvalue weighted by molar-refractivity contribution is -0.384. The molecule has 2 amide bonds. The highest BCUT2D eigenvalue weighted by atomic mass is 32.2. The van der Waals surface area contributed by atoms with Crippen LogP contribution in [0.5, 0.6) is 0 Å². The largest absolute Gasteiger partial charge is 0.379 e. The van der Waals surface area contributed by atoms with Crippen molar-refractivity contribution in [3.8, 4) is 0 Å². The molecule has 1 heterocycles. The number of benzene rings is 2. The van der Waals surface area contributed by atoms with Gasteiger partial charge in [-0.3, -0.25) is 19.7 Å². The van der Waals surface area contributed by atoms with Gasteiger partial charge in [0.15, 0.2) is 0 Å². The van der Waals surface area contributed by atoms with Crippen molar-refractivity contribution in [2.24, 2.45) is 29.1 Å². The molecule has 0 spiro atoms. The zero-order chi connectivity index (χ0) is 35.1. The molecule has 2 aromatic carbocycles. The number of fused-ring (bicyclic) bond motifs is 2. The lowest BCUT2D eigenvalue weighted by Gasteiger charge is -2.64. The number of nitro groups is 1. The number of rotatable bonds is 10. The van der Waals surface area contributed by atoms with E-state index in [1.807, 2.05) is 0 Å². The summed E-state index contributed by atoms with van der Waals surface area (Å²) in [5.41, 5.74) is 1.37. The number of carbonyl (C=O) groups is 2. The predicted molar refractivity (Wildman–Crippen MR) is 190 cm³/mol. The maximum atomic E-state index is 13.1. The Hall–Kier alpha value is -3.67. The number of nitrogens with one attached hydrogen (secondary N) is 2. The van der Waals surface area contributed by atoms with Crippen molar-refractivity contribution < 1.29 is 22.9 Å². The monoisotopic (exact) mass is 693 g/mol. The van der Waals surface area contributed by atoms with Crippen LogP contribution >= 0.6 is 0 Å². The number of anilines is 2. The number of nitrogens with zero attached hydrogens (tertiary/aromatic N) is 3. The van der Waals surface area contributed by atoms with Crippen molar-refractivity contribution in [2.75, 3.05) is 29.9 Å². The van der Waals surface area contributed by atoms with Gasteiger partial charge < -0.3 is 15.1 Å². The van der Waals surface area contributed by atoms with Gasteiger partial charge in [-0.2, -0.15) is 0 Å². The Morgan fingerprint density at radius 3 is 2.27 bits per heavy atom. The fraction of sp³-hybridized carbons (Fsp3) is 0.622. The van der Waals surface area contributed by atoms with Crippen molar-refractivity contribution in [3.63, 3.8) is 0 Å². The molecule has 4 aliphatic carbocycles. The van der Waals surface area contributed by atoms with Gasteiger partial charge in [-0.05, 0) is 104 Å². The Morgan fingerprint density at radius 2 is 1.67 bits per heavy atom. The molecule has 1 saturated heterocycles. The summed E-state index contributed by atoms with van der Waals surface area (Å²) >= 11 is 0. The molecule has 2 aromatic rings. The molecule has 4 saturated carbocycles. The van der Waals surface area contributed by atoms with Crippen LogP contribution in [-0.4, -0.2) is 61.8 Å². The predicted octanol–water partition coefficient (Wildman–Crippen LogP) is 6.59. The van der Waals surface area contributed by atoms with E-state index in [1.54, 1.807) is 31.2 Å². The van der Waals surface area contributed by atoms with Gasteiger partial charge >= 0.3 is 0 Å². The van der Waals surface area contributed by atoms with Gasteiger partial charge in [0.05, 0.1) is 9.82 Å². The molecule has 2 N–H and O–H groups in total.